The molecule has 0 amide bonds. The Bertz CT molecular complexity index is 150. The van der Waals surface area contributed by atoms with E-state index in [0.29, 0.717) is 12.5 Å². The summed E-state index contributed by atoms with van der Waals surface area (Å²) in [6, 6.07) is 0. The van der Waals surface area contributed by atoms with Crippen molar-refractivity contribution in [3.8, 4) is 0 Å². The summed E-state index contributed by atoms with van der Waals surface area (Å²) in [5, 5.41) is 0. The lowest BCUT2D eigenvalue weighted by molar-refractivity contribution is 0.213. The van der Waals surface area contributed by atoms with E-state index in [1.165, 1.54) is 19.3 Å². The molecule has 0 aromatic heterocycles. The van der Waals surface area contributed by atoms with Crippen LogP contribution in [0.15, 0.2) is 0 Å². The summed E-state index contributed by atoms with van der Waals surface area (Å²) in [4.78, 5) is 8.57. The second-order valence-corrected chi connectivity index (χ2v) is 4.55. The molecule has 0 saturated carbocycles. The summed E-state index contributed by atoms with van der Waals surface area (Å²) in [6.45, 7) is 4.76. The Balaban J connectivity index is 3.59. The van der Waals surface area contributed by atoms with Gasteiger partial charge in [-0.3, -0.25) is 4.57 Å². The van der Waals surface area contributed by atoms with E-state index in [9.17, 15) is 4.57 Å². The Morgan fingerprint density at radius 2 is 1.93 bits per heavy atom. The highest BCUT2D eigenvalue weighted by Crippen LogP contribution is 2.22. The Morgan fingerprint density at radius 3 is 2.43 bits per heavy atom. The van der Waals surface area contributed by atoms with Gasteiger partial charge in [0, 0.05) is 0 Å². The van der Waals surface area contributed by atoms with E-state index in [-0.39, 0.29) is 0 Å². The minimum absolute atomic E-state index is 0.450. The fourth-order valence-electron chi connectivity index (χ4n) is 1.59. The summed E-state index contributed by atoms with van der Waals surface area (Å²) < 4.78 is 15.2. The van der Waals surface area contributed by atoms with Gasteiger partial charge in [0.1, 0.15) is 0 Å². The molecule has 3 nitrogen and oxygen atoms in total. The largest absolute Gasteiger partial charge is 0.326 e. The van der Waals surface area contributed by atoms with Crippen molar-refractivity contribution in [2.75, 3.05) is 6.61 Å². The first-order chi connectivity index (χ1) is 6.70. The first kappa shape index (κ1) is 14.2. The quantitative estimate of drug-likeness (QED) is 0.480. The molecule has 0 rings (SSSR count). The van der Waals surface area contributed by atoms with Crippen molar-refractivity contribution in [2.45, 2.75) is 52.4 Å². The molecule has 4 heteroatoms. The van der Waals surface area contributed by atoms with Crippen molar-refractivity contribution in [1.29, 1.82) is 0 Å². The zero-order valence-corrected chi connectivity index (χ0v) is 10.3. The van der Waals surface area contributed by atoms with Crippen LogP contribution in [0.4, 0.5) is 0 Å². The molecular formula is C10H23O3P. The topological polar surface area (TPSA) is 46.5 Å². The minimum Gasteiger partial charge on any atom is -0.326 e. The number of unbranched alkanes of at least 4 members (excludes halogenated alkanes) is 2. The van der Waals surface area contributed by atoms with Gasteiger partial charge >= 0.3 is 8.25 Å². The first-order valence-electron chi connectivity index (χ1n) is 5.56. The predicted octanol–water partition coefficient (Wildman–Crippen LogP) is 3.38. The molecule has 0 aliphatic heterocycles. The third kappa shape index (κ3) is 8.74. The van der Waals surface area contributed by atoms with Crippen LogP contribution in [-0.2, 0) is 9.09 Å². The van der Waals surface area contributed by atoms with Crippen LogP contribution >= 0.6 is 8.25 Å². The molecule has 0 radical (unpaired) electrons. The summed E-state index contributed by atoms with van der Waals surface area (Å²) >= 11 is 0. The van der Waals surface area contributed by atoms with Gasteiger partial charge < -0.3 is 9.42 Å². The molecule has 0 aromatic carbocycles. The van der Waals surface area contributed by atoms with E-state index < -0.39 is 8.25 Å². The van der Waals surface area contributed by atoms with E-state index in [4.69, 9.17) is 9.42 Å². The van der Waals surface area contributed by atoms with E-state index in [2.05, 4.69) is 13.8 Å². The van der Waals surface area contributed by atoms with Crippen LogP contribution < -0.4 is 0 Å². The van der Waals surface area contributed by atoms with Gasteiger partial charge in [-0.2, -0.15) is 0 Å². The van der Waals surface area contributed by atoms with Crippen molar-refractivity contribution < 1.29 is 14.0 Å². The Hall–Kier alpha value is 0.150. The van der Waals surface area contributed by atoms with Gasteiger partial charge in [-0.05, 0) is 18.8 Å². The van der Waals surface area contributed by atoms with Gasteiger partial charge in [-0.1, -0.05) is 39.5 Å². The molecule has 0 saturated heterocycles. The Morgan fingerprint density at radius 1 is 1.21 bits per heavy atom. The molecule has 0 bridgehead atoms. The number of hydrogen-bond acceptors (Lipinski definition) is 2. The van der Waals surface area contributed by atoms with E-state index in [0.717, 1.165) is 19.3 Å². The summed E-state index contributed by atoms with van der Waals surface area (Å²) in [6.07, 6.45) is 7.00. The highest BCUT2D eigenvalue weighted by Gasteiger charge is 2.08. The zero-order chi connectivity index (χ0) is 10.8. The standard InChI is InChI=1S/C10H23O3P/c1-3-5-6-8-10(7-4-2)9-13-14(11)12/h10,14H,3-9H2,1-2H3,(H,11,12). The fourth-order valence-corrected chi connectivity index (χ4v) is 1.97. The van der Waals surface area contributed by atoms with Crippen LogP contribution in [0.2, 0.25) is 0 Å². The molecule has 0 aliphatic rings. The van der Waals surface area contributed by atoms with Gasteiger partial charge in [0.15, 0.2) is 0 Å². The molecule has 1 N–H and O–H groups in total. The molecule has 0 fully saturated rings. The third-order valence-electron chi connectivity index (χ3n) is 2.36. The molecule has 2 unspecified atom stereocenters. The van der Waals surface area contributed by atoms with Crippen molar-refractivity contribution in [1.82, 2.24) is 0 Å². The maximum absolute atomic E-state index is 10.4. The van der Waals surface area contributed by atoms with E-state index in [1.807, 2.05) is 0 Å². The maximum atomic E-state index is 10.4. The smallest absolute Gasteiger partial charge is 0.316 e. The molecule has 0 aromatic rings. The maximum Gasteiger partial charge on any atom is 0.316 e. The zero-order valence-electron chi connectivity index (χ0n) is 9.29. The fraction of sp³-hybridized carbons (Fsp3) is 1.00. The lowest BCUT2D eigenvalue weighted by Gasteiger charge is -2.14. The monoisotopic (exact) mass is 222 g/mol. The SMILES string of the molecule is CCCCCC(CCC)CO[PH](=O)O. The summed E-state index contributed by atoms with van der Waals surface area (Å²) in [5.41, 5.74) is 0. The highest BCUT2D eigenvalue weighted by atomic mass is 31.1. The number of hydrogen-bond donors (Lipinski definition) is 1. The second-order valence-electron chi connectivity index (χ2n) is 3.73. The highest BCUT2D eigenvalue weighted by molar-refractivity contribution is 7.32. The lowest BCUT2D eigenvalue weighted by atomic mass is 9.98. The third-order valence-corrected chi connectivity index (χ3v) is 2.77. The van der Waals surface area contributed by atoms with E-state index in [1.54, 1.807) is 0 Å². The normalized spacial score (nSPS) is 15.4. The van der Waals surface area contributed by atoms with E-state index >= 15 is 0 Å². The van der Waals surface area contributed by atoms with Gasteiger partial charge in [-0.25, -0.2) is 0 Å². The molecule has 0 spiro atoms. The van der Waals surface area contributed by atoms with Crippen LogP contribution in [0, 0.1) is 5.92 Å². The molecule has 2 atom stereocenters. The van der Waals surface area contributed by atoms with Crippen molar-refractivity contribution >= 4 is 8.25 Å². The molecule has 0 aliphatic carbocycles. The van der Waals surface area contributed by atoms with Gasteiger partial charge in [0.2, 0.25) is 0 Å². The average Bonchev–Trinajstić information content (AvgIpc) is 2.14. The second kappa shape index (κ2) is 9.70. The Kier molecular flexibility index (Phi) is 9.80. The average molecular weight is 222 g/mol. The molecule has 0 heterocycles. The lowest BCUT2D eigenvalue weighted by Crippen LogP contribution is -2.07. The predicted molar refractivity (Wildman–Crippen MR) is 59.7 cm³/mol. The molecule has 86 valence electrons. The minimum atomic E-state index is -2.73. The van der Waals surface area contributed by atoms with Gasteiger partial charge in [0.25, 0.3) is 0 Å². The van der Waals surface area contributed by atoms with Crippen LogP contribution in [0.5, 0.6) is 0 Å². The van der Waals surface area contributed by atoms with Crippen LogP contribution in [0.3, 0.4) is 0 Å². The van der Waals surface area contributed by atoms with Crippen molar-refractivity contribution in [2.24, 2.45) is 5.92 Å². The number of rotatable bonds is 9. The molecular weight excluding hydrogens is 199 g/mol. The Labute approximate surface area is 87.8 Å². The van der Waals surface area contributed by atoms with Crippen molar-refractivity contribution in [3.63, 3.8) is 0 Å². The van der Waals surface area contributed by atoms with Gasteiger partial charge in [-0.15, -0.1) is 0 Å². The van der Waals surface area contributed by atoms with Crippen LogP contribution in [-0.4, -0.2) is 11.5 Å². The van der Waals surface area contributed by atoms with Crippen LogP contribution in [0.25, 0.3) is 0 Å². The summed E-state index contributed by atoms with van der Waals surface area (Å²) in [7, 11) is -2.73. The van der Waals surface area contributed by atoms with Gasteiger partial charge in [0.05, 0.1) is 6.61 Å². The first-order valence-corrected chi connectivity index (χ1v) is 6.82. The van der Waals surface area contributed by atoms with Crippen LogP contribution in [0.1, 0.15) is 52.4 Å². The molecule has 14 heavy (non-hydrogen) atoms. The van der Waals surface area contributed by atoms with Crippen molar-refractivity contribution in [3.05, 3.63) is 0 Å². The summed E-state index contributed by atoms with van der Waals surface area (Å²) in [5.74, 6) is 0.465.